The molecule has 0 heterocycles. The molecule has 0 aromatic heterocycles. The molecule has 1 aromatic carbocycles. The van der Waals surface area contributed by atoms with Crippen LogP contribution in [0.2, 0.25) is 0 Å². The molecule has 0 amide bonds. The first-order chi connectivity index (χ1) is 8.69. The van der Waals surface area contributed by atoms with Crippen LogP contribution in [0.3, 0.4) is 0 Å². The van der Waals surface area contributed by atoms with E-state index in [1.807, 2.05) is 6.07 Å². The normalized spacial score (nSPS) is 9.67. The molecule has 0 aliphatic carbocycles. The summed E-state index contributed by atoms with van der Waals surface area (Å²) in [6.45, 7) is 4.99. The molecule has 0 atom stereocenters. The number of thiocarbonyl (C=S) groups is 1. The Hall–Kier alpha value is -1.62. The molecule has 0 unspecified atom stereocenters. The second-order valence-corrected chi connectivity index (χ2v) is 4.06. The minimum Gasteiger partial charge on any atom is -0.462 e. The molecule has 5 heteroatoms. The average molecular weight is 266 g/mol. The van der Waals surface area contributed by atoms with Gasteiger partial charge in [-0.25, -0.2) is 4.79 Å². The third-order valence-electron chi connectivity index (χ3n) is 2.21. The van der Waals surface area contributed by atoms with Crippen LogP contribution < -0.4 is 10.6 Å². The molecule has 1 aromatic rings. The number of esters is 1. The lowest BCUT2D eigenvalue weighted by Gasteiger charge is -2.12. The van der Waals surface area contributed by atoms with Gasteiger partial charge in [0.05, 0.1) is 17.9 Å². The van der Waals surface area contributed by atoms with Gasteiger partial charge in [0.15, 0.2) is 5.11 Å². The van der Waals surface area contributed by atoms with Crippen molar-refractivity contribution >= 4 is 29.0 Å². The summed E-state index contributed by atoms with van der Waals surface area (Å²) in [6.07, 6.45) is 0.987. The van der Waals surface area contributed by atoms with Gasteiger partial charge in [-0.2, -0.15) is 0 Å². The number of para-hydroxylation sites is 1. The number of carbonyl (C=O) groups is 1. The van der Waals surface area contributed by atoms with Crippen molar-refractivity contribution in [2.24, 2.45) is 0 Å². The van der Waals surface area contributed by atoms with Crippen LogP contribution in [-0.2, 0) is 4.74 Å². The Morgan fingerprint density at radius 2 is 2.06 bits per heavy atom. The highest BCUT2D eigenvalue weighted by Crippen LogP contribution is 2.16. The number of hydrogen-bond donors (Lipinski definition) is 2. The first kappa shape index (κ1) is 14.4. The summed E-state index contributed by atoms with van der Waals surface area (Å²) >= 11 is 5.14. The van der Waals surface area contributed by atoms with Crippen molar-refractivity contribution < 1.29 is 9.53 Å². The van der Waals surface area contributed by atoms with E-state index in [1.54, 1.807) is 25.1 Å². The van der Waals surface area contributed by atoms with Gasteiger partial charge in [0.2, 0.25) is 0 Å². The highest BCUT2D eigenvalue weighted by Gasteiger charge is 2.12. The number of carbonyl (C=O) groups excluding carboxylic acids is 1. The number of hydrogen-bond acceptors (Lipinski definition) is 3. The maximum atomic E-state index is 11.7. The summed E-state index contributed by atoms with van der Waals surface area (Å²) in [7, 11) is 0. The van der Waals surface area contributed by atoms with E-state index in [9.17, 15) is 4.79 Å². The smallest absolute Gasteiger partial charge is 0.340 e. The third-order valence-corrected chi connectivity index (χ3v) is 2.45. The highest BCUT2D eigenvalue weighted by molar-refractivity contribution is 7.80. The van der Waals surface area contributed by atoms with Gasteiger partial charge in [-0.3, -0.25) is 0 Å². The van der Waals surface area contributed by atoms with E-state index in [2.05, 4.69) is 17.6 Å². The van der Waals surface area contributed by atoms with Crippen molar-refractivity contribution in [3.05, 3.63) is 29.8 Å². The Balaban J connectivity index is 2.76. The van der Waals surface area contributed by atoms with E-state index in [0.29, 0.717) is 23.0 Å². The van der Waals surface area contributed by atoms with Crippen LogP contribution in [0.15, 0.2) is 24.3 Å². The first-order valence-electron chi connectivity index (χ1n) is 6.00. The van der Waals surface area contributed by atoms with Gasteiger partial charge in [-0.1, -0.05) is 19.1 Å². The number of anilines is 1. The first-order valence-corrected chi connectivity index (χ1v) is 6.40. The Kier molecular flexibility index (Phi) is 6.14. The van der Waals surface area contributed by atoms with Crippen LogP contribution in [0.1, 0.15) is 30.6 Å². The SMILES string of the molecule is CCCNC(=S)Nc1ccccc1C(=O)OCC. The fourth-order valence-corrected chi connectivity index (χ4v) is 1.60. The molecule has 98 valence electrons. The summed E-state index contributed by atoms with van der Waals surface area (Å²) in [6, 6.07) is 7.14. The summed E-state index contributed by atoms with van der Waals surface area (Å²) in [5.74, 6) is -0.348. The summed E-state index contributed by atoms with van der Waals surface area (Å²) in [5.41, 5.74) is 1.14. The molecular formula is C13H18N2O2S. The van der Waals surface area contributed by atoms with E-state index in [4.69, 9.17) is 17.0 Å². The molecular weight excluding hydrogens is 248 g/mol. The topological polar surface area (TPSA) is 50.4 Å². The predicted octanol–water partition coefficient (Wildman–Crippen LogP) is 2.56. The second kappa shape index (κ2) is 7.66. The lowest BCUT2D eigenvalue weighted by atomic mass is 10.2. The number of benzene rings is 1. The van der Waals surface area contributed by atoms with Crippen LogP contribution in [0.4, 0.5) is 5.69 Å². The Bertz CT molecular complexity index is 421. The van der Waals surface area contributed by atoms with E-state index in [1.165, 1.54) is 0 Å². The van der Waals surface area contributed by atoms with Crippen LogP contribution in [-0.4, -0.2) is 24.2 Å². The van der Waals surface area contributed by atoms with Gasteiger partial charge in [0.25, 0.3) is 0 Å². The van der Waals surface area contributed by atoms with Crippen molar-refractivity contribution in [3.63, 3.8) is 0 Å². The maximum Gasteiger partial charge on any atom is 0.340 e. The van der Waals surface area contributed by atoms with Crippen molar-refractivity contribution in [2.75, 3.05) is 18.5 Å². The zero-order chi connectivity index (χ0) is 13.4. The monoisotopic (exact) mass is 266 g/mol. The molecule has 0 radical (unpaired) electrons. The number of nitrogens with one attached hydrogen (secondary N) is 2. The summed E-state index contributed by atoms with van der Waals surface area (Å²) in [4.78, 5) is 11.7. The summed E-state index contributed by atoms with van der Waals surface area (Å²) < 4.78 is 4.99. The molecule has 0 bridgehead atoms. The minimum absolute atomic E-state index is 0.348. The van der Waals surface area contributed by atoms with Gasteiger partial charge < -0.3 is 15.4 Å². The predicted molar refractivity (Wildman–Crippen MR) is 76.9 cm³/mol. The Morgan fingerprint density at radius 1 is 1.33 bits per heavy atom. The molecule has 4 nitrogen and oxygen atoms in total. The molecule has 18 heavy (non-hydrogen) atoms. The van der Waals surface area contributed by atoms with Crippen molar-refractivity contribution in [2.45, 2.75) is 20.3 Å². The lowest BCUT2D eigenvalue weighted by Crippen LogP contribution is -2.29. The van der Waals surface area contributed by atoms with Gasteiger partial charge >= 0.3 is 5.97 Å². The zero-order valence-electron chi connectivity index (χ0n) is 10.7. The van der Waals surface area contributed by atoms with Gasteiger partial charge in [-0.05, 0) is 37.7 Å². The molecule has 0 aliphatic rings. The molecule has 0 aliphatic heterocycles. The average Bonchev–Trinajstić information content (AvgIpc) is 2.37. The second-order valence-electron chi connectivity index (χ2n) is 3.65. The minimum atomic E-state index is -0.348. The molecule has 2 N–H and O–H groups in total. The zero-order valence-corrected chi connectivity index (χ0v) is 11.5. The van der Waals surface area contributed by atoms with E-state index in [-0.39, 0.29) is 5.97 Å². The highest BCUT2D eigenvalue weighted by atomic mass is 32.1. The van der Waals surface area contributed by atoms with E-state index in [0.717, 1.165) is 13.0 Å². The number of rotatable bonds is 5. The van der Waals surface area contributed by atoms with Gasteiger partial charge in [0, 0.05) is 6.54 Å². The lowest BCUT2D eigenvalue weighted by molar-refractivity contribution is 0.0527. The fourth-order valence-electron chi connectivity index (χ4n) is 1.38. The van der Waals surface area contributed by atoms with Gasteiger partial charge in [-0.15, -0.1) is 0 Å². The van der Waals surface area contributed by atoms with Crippen molar-refractivity contribution in [1.29, 1.82) is 0 Å². The maximum absolute atomic E-state index is 11.7. The third kappa shape index (κ3) is 4.33. The molecule has 0 saturated heterocycles. The van der Waals surface area contributed by atoms with E-state index < -0.39 is 0 Å². The molecule has 1 rings (SSSR count). The van der Waals surface area contributed by atoms with Crippen LogP contribution >= 0.6 is 12.2 Å². The van der Waals surface area contributed by atoms with E-state index >= 15 is 0 Å². The largest absolute Gasteiger partial charge is 0.462 e. The fraction of sp³-hybridized carbons (Fsp3) is 0.385. The van der Waals surface area contributed by atoms with Gasteiger partial charge in [0.1, 0.15) is 0 Å². The molecule has 0 saturated carbocycles. The standard InChI is InChI=1S/C13H18N2O2S/c1-3-9-14-13(18)15-11-8-6-5-7-10(11)12(16)17-4-2/h5-8H,3-4,9H2,1-2H3,(H2,14,15,18). The van der Waals surface area contributed by atoms with Crippen LogP contribution in [0.5, 0.6) is 0 Å². The quantitative estimate of drug-likeness (QED) is 0.633. The Morgan fingerprint density at radius 3 is 2.72 bits per heavy atom. The molecule has 0 fully saturated rings. The van der Waals surface area contributed by atoms with Crippen LogP contribution in [0, 0.1) is 0 Å². The van der Waals surface area contributed by atoms with Crippen molar-refractivity contribution in [1.82, 2.24) is 5.32 Å². The van der Waals surface area contributed by atoms with Crippen LogP contribution in [0.25, 0.3) is 0 Å². The Labute approximate surface area is 113 Å². The molecule has 0 spiro atoms. The van der Waals surface area contributed by atoms with Crippen molar-refractivity contribution in [3.8, 4) is 0 Å². The number of ether oxygens (including phenoxy) is 1. The summed E-state index contributed by atoms with van der Waals surface area (Å²) in [5, 5.41) is 6.56.